The quantitative estimate of drug-likeness (QED) is 0.308. The maximum atomic E-state index is 12.8. The van der Waals surface area contributed by atoms with Gasteiger partial charge in [-0.2, -0.15) is 11.8 Å². The molecule has 1 atom stereocenters. The third-order valence-corrected chi connectivity index (χ3v) is 9.52. The Morgan fingerprint density at radius 3 is 2.25 bits per heavy atom. The number of carboxylic acid groups (broad SMARTS) is 1. The average molecular weight is 559 g/mol. The molecule has 2 aromatic rings. The summed E-state index contributed by atoms with van der Waals surface area (Å²) in [6.45, 7) is 4.08. The van der Waals surface area contributed by atoms with E-state index in [4.69, 9.17) is 0 Å². The number of carbonyl (C=O) groups is 3. The normalized spacial score (nSPS) is 24.6. The van der Waals surface area contributed by atoms with E-state index in [1.165, 1.54) is 32.1 Å². The molecule has 4 bridgehead atoms. The average Bonchev–Trinajstić information content (AvgIpc) is 2.92. The summed E-state index contributed by atoms with van der Waals surface area (Å²) in [6, 6.07) is 13.3. The van der Waals surface area contributed by atoms with E-state index in [2.05, 4.69) is 17.6 Å². The van der Waals surface area contributed by atoms with Crippen molar-refractivity contribution in [2.75, 3.05) is 12.0 Å². The molecule has 0 aliphatic heterocycles. The number of carbonyl (C=O) groups excluding carboxylic acids is 2. The minimum atomic E-state index is -1.00. The summed E-state index contributed by atoms with van der Waals surface area (Å²) >= 11 is 1.56. The van der Waals surface area contributed by atoms with Crippen molar-refractivity contribution in [2.24, 2.45) is 23.7 Å². The van der Waals surface area contributed by atoms with Gasteiger partial charge in [-0.25, -0.2) is 4.79 Å². The molecule has 0 aromatic heterocycles. The van der Waals surface area contributed by atoms with E-state index in [0.29, 0.717) is 23.8 Å². The summed E-state index contributed by atoms with van der Waals surface area (Å²) in [7, 11) is 0. The number of rotatable bonds is 10. The van der Waals surface area contributed by atoms with Crippen molar-refractivity contribution < 1.29 is 39.8 Å². The van der Waals surface area contributed by atoms with Crippen molar-refractivity contribution in [1.29, 1.82) is 0 Å². The Bertz CT molecular complexity index is 1150. The Balaban J connectivity index is 0.000000327. The molecule has 0 saturated heterocycles. The monoisotopic (exact) mass is 558 g/mol. The van der Waals surface area contributed by atoms with E-state index in [1.54, 1.807) is 17.8 Å². The van der Waals surface area contributed by atoms with E-state index in [1.807, 2.05) is 49.6 Å². The van der Waals surface area contributed by atoms with Crippen LogP contribution in [0.4, 0.5) is 0 Å². The second-order valence-electron chi connectivity index (χ2n) is 11.4. The van der Waals surface area contributed by atoms with E-state index in [9.17, 15) is 19.5 Å². The molecule has 1 unspecified atom stereocenters. The van der Waals surface area contributed by atoms with Crippen LogP contribution in [0.25, 0.3) is 11.1 Å². The zero-order valence-electron chi connectivity index (χ0n) is 25.3. The number of thioether (sulfide) groups is 1. The van der Waals surface area contributed by atoms with Crippen LogP contribution >= 0.6 is 11.8 Å². The van der Waals surface area contributed by atoms with Crippen molar-refractivity contribution in [2.45, 2.75) is 70.9 Å². The standard InChI is InChI=1S/C21H25NO3S.C11H17NO.Li.H/c1-4-15-9-10-17(18(13-15)16-8-6-5-7-14(16)2)20(23)22-19(21(24)25)11-12-26-3;13-6-12-11-9-2-7-1-8(4-9)5-10(11)3-7;;/h5-10,13,19H,4,11-12H2,1-3H3,(H,22,23)(H,24,25);6-11H,1-5H2,(H,12,13);;/q;;+1;-1. The van der Waals surface area contributed by atoms with Crippen molar-refractivity contribution in [1.82, 2.24) is 10.6 Å². The van der Waals surface area contributed by atoms with E-state index >= 15 is 0 Å². The first-order valence-corrected chi connectivity index (χ1v) is 15.6. The predicted molar refractivity (Wildman–Crippen MR) is 159 cm³/mol. The fourth-order valence-corrected chi connectivity index (χ4v) is 7.58. The van der Waals surface area contributed by atoms with Crippen LogP contribution in [0.5, 0.6) is 0 Å². The van der Waals surface area contributed by atoms with Crippen LogP contribution in [0.3, 0.4) is 0 Å². The molecule has 0 heterocycles. The Hall–Kier alpha value is -2.20. The number of carboxylic acids is 1. The summed E-state index contributed by atoms with van der Waals surface area (Å²) in [5.74, 6) is 2.98. The van der Waals surface area contributed by atoms with Gasteiger partial charge in [-0.05, 0) is 116 Å². The maximum Gasteiger partial charge on any atom is 1.00 e. The number of hydrogen-bond acceptors (Lipinski definition) is 4. The Morgan fingerprint density at radius 2 is 1.70 bits per heavy atom. The summed E-state index contributed by atoms with van der Waals surface area (Å²) in [6.07, 6.45) is 11.1. The van der Waals surface area contributed by atoms with E-state index < -0.39 is 12.0 Å². The van der Waals surface area contributed by atoms with Gasteiger partial charge in [0.2, 0.25) is 6.41 Å². The minimum Gasteiger partial charge on any atom is -1.00 e. The van der Waals surface area contributed by atoms with Crippen molar-refractivity contribution in [3.8, 4) is 11.1 Å². The largest absolute Gasteiger partial charge is 1.00 e. The molecule has 4 aliphatic rings. The molecule has 40 heavy (non-hydrogen) atoms. The molecule has 0 spiro atoms. The summed E-state index contributed by atoms with van der Waals surface area (Å²) < 4.78 is 0. The van der Waals surface area contributed by atoms with Crippen LogP contribution in [0, 0.1) is 30.6 Å². The number of benzene rings is 2. The molecule has 3 N–H and O–H groups in total. The summed E-state index contributed by atoms with van der Waals surface area (Å²) in [5.41, 5.74) is 4.55. The molecule has 6 nitrogen and oxygen atoms in total. The van der Waals surface area contributed by atoms with Gasteiger partial charge in [0.1, 0.15) is 6.04 Å². The Labute approximate surface area is 256 Å². The predicted octanol–water partition coefficient (Wildman–Crippen LogP) is 2.83. The van der Waals surface area contributed by atoms with Crippen molar-refractivity contribution >= 4 is 30.0 Å². The minimum absolute atomic E-state index is 0. The van der Waals surface area contributed by atoms with Gasteiger partial charge in [0.15, 0.2) is 0 Å². The maximum absolute atomic E-state index is 12.8. The number of hydrogen-bond donors (Lipinski definition) is 3. The fraction of sp³-hybridized carbons (Fsp3) is 0.531. The number of amides is 2. The second kappa shape index (κ2) is 15.1. The molecule has 0 radical (unpaired) electrons. The first-order valence-electron chi connectivity index (χ1n) is 14.3. The van der Waals surface area contributed by atoms with Crippen molar-refractivity contribution in [3.63, 3.8) is 0 Å². The van der Waals surface area contributed by atoms with Crippen LogP contribution in [-0.2, 0) is 16.0 Å². The summed E-state index contributed by atoms with van der Waals surface area (Å²) in [5, 5.41) is 15.1. The zero-order chi connectivity index (χ0) is 27.9. The third kappa shape index (κ3) is 7.75. The second-order valence-corrected chi connectivity index (χ2v) is 12.4. The molecule has 4 aliphatic carbocycles. The van der Waals surface area contributed by atoms with Gasteiger partial charge in [0.05, 0.1) is 0 Å². The Kier molecular flexibility index (Phi) is 12.2. The van der Waals surface area contributed by atoms with Crippen LogP contribution in [0.1, 0.15) is 68.4 Å². The SMILES string of the molecule is CCc1ccc(C(=O)NC(CCSC)C(=O)O)c(-c2ccccc2C)c1.O=CNC1C2CC3CC(C2)CC1C3.[H-].[Li+]. The molecule has 2 amide bonds. The van der Waals surface area contributed by atoms with Crippen LogP contribution in [0.15, 0.2) is 42.5 Å². The van der Waals surface area contributed by atoms with E-state index in [-0.39, 0.29) is 26.2 Å². The molecule has 2 aromatic carbocycles. The molecule has 4 fully saturated rings. The molecule has 212 valence electrons. The molecular weight excluding hydrogens is 515 g/mol. The first-order chi connectivity index (χ1) is 18.8. The van der Waals surface area contributed by atoms with Crippen LogP contribution in [-0.4, -0.2) is 47.5 Å². The molecular formula is C32H43LiN2O4S. The van der Waals surface area contributed by atoms with Gasteiger partial charge in [-0.15, -0.1) is 0 Å². The number of aryl methyl sites for hydroxylation is 2. The van der Waals surface area contributed by atoms with Gasteiger partial charge < -0.3 is 17.2 Å². The van der Waals surface area contributed by atoms with E-state index in [0.717, 1.165) is 58.8 Å². The number of nitrogens with one attached hydrogen (secondary N) is 2. The first kappa shape index (κ1) is 32.3. The van der Waals surface area contributed by atoms with Gasteiger partial charge in [-0.1, -0.05) is 43.3 Å². The molecule has 8 heteroatoms. The van der Waals surface area contributed by atoms with Gasteiger partial charge in [0, 0.05) is 11.6 Å². The van der Waals surface area contributed by atoms with Gasteiger partial charge in [0.25, 0.3) is 5.91 Å². The van der Waals surface area contributed by atoms with Crippen LogP contribution < -0.4 is 29.5 Å². The third-order valence-electron chi connectivity index (χ3n) is 8.87. The zero-order valence-corrected chi connectivity index (χ0v) is 25.1. The Morgan fingerprint density at radius 1 is 1.05 bits per heavy atom. The topological polar surface area (TPSA) is 95.5 Å². The summed E-state index contributed by atoms with van der Waals surface area (Å²) in [4.78, 5) is 34.8. The molecule has 4 saturated carbocycles. The van der Waals surface area contributed by atoms with Gasteiger partial charge in [-0.3, -0.25) is 9.59 Å². The van der Waals surface area contributed by atoms with Gasteiger partial charge >= 0.3 is 24.8 Å². The fourth-order valence-electron chi connectivity index (χ4n) is 7.11. The molecule has 6 rings (SSSR count). The smallest absolute Gasteiger partial charge is 1.00 e. The van der Waals surface area contributed by atoms with Crippen molar-refractivity contribution in [3.05, 3.63) is 59.2 Å². The number of aliphatic carboxylic acids is 1. The van der Waals surface area contributed by atoms with Crippen LogP contribution in [0.2, 0.25) is 0 Å².